The van der Waals surface area contributed by atoms with Crippen molar-refractivity contribution in [2.24, 2.45) is 12.8 Å². The number of hydrogen-bond donors (Lipinski definition) is 1. The lowest BCUT2D eigenvalue weighted by molar-refractivity contribution is 0.636. The zero-order valence-electron chi connectivity index (χ0n) is 9.76. The molecular weight excluding hydrogens is 238 g/mol. The summed E-state index contributed by atoms with van der Waals surface area (Å²) < 4.78 is 1.77. The molecule has 1 atom stereocenters. The zero-order valence-corrected chi connectivity index (χ0v) is 10.5. The van der Waals surface area contributed by atoms with Gasteiger partial charge in [0.05, 0.1) is 16.4 Å². The van der Waals surface area contributed by atoms with E-state index in [1.807, 2.05) is 14.0 Å². The average Bonchev–Trinajstić information content (AvgIpc) is 2.57. The fraction of sp³-hybridized carbons (Fsp3) is 0.364. The molecule has 0 aromatic carbocycles. The molecule has 90 valence electrons. The van der Waals surface area contributed by atoms with E-state index in [1.54, 1.807) is 17.1 Å². The number of nitrogens with zero attached hydrogens (tertiary/aromatic N) is 4. The van der Waals surface area contributed by atoms with Gasteiger partial charge in [-0.15, -0.1) is 0 Å². The first-order valence-corrected chi connectivity index (χ1v) is 5.66. The summed E-state index contributed by atoms with van der Waals surface area (Å²) in [6.07, 6.45) is 5.53. The molecule has 2 rings (SSSR count). The first kappa shape index (κ1) is 12.0. The van der Waals surface area contributed by atoms with Gasteiger partial charge in [0, 0.05) is 37.5 Å². The second-order valence-corrected chi connectivity index (χ2v) is 4.33. The van der Waals surface area contributed by atoms with E-state index in [4.69, 9.17) is 17.3 Å². The first-order chi connectivity index (χ1) is 8.09. The molecule has 0 saturated carbocycles. The van der Waals surface area contributed by atoms with Crippen LogP contribution in [0.3, 0.4) is 0 Å². The minimum atomic E-state index is -0.177. The van der Waals surface area contributed by atoms with Gasteiger partial charge in [0.25, 0.3) is 0 Å². The summed E-state index contributed by atoms with van der Waals surface area (Å²) in [5.41, 5.74) is 8.74. The van der Waals surface area contributed by atoms with Crippen LogP contribution < -0.4 is 5.73 Å². The molecule has 2 aromatic rings. The third-order valence-corrected chi connectivity index (χ3v) is 3.18. The van der Waals surface area contributed by atoms with Crippen LogP contribution in [-0.2, 0) is 13.5 Å². The fourth-order valence-corrected chi connectivity index (χ4v) is 1.97. The molecule has 0 aliphatic heterocycles. The Morgan fingerprint density at radius 3 is 2.59 bits per heavy atom. The van der Waals surface area contributed by atoms with Crippen molar-refractivity contribution < 1.29 is 0 Å². The Morgan fingerprint density at radius 2 is 2.06 bits per heavy atom. The molecule has 0 fully saturated rings. The molecule has 17 heavy (non-hydrogen) atoms. The molecule has 0 aliphatic rings. The van der Waals surface area contributed by atoms with Crippen molar-refractivity contribution in [3.63, 3.8) is 0 Å². The SMILES string of the molecule is Cc1nn(C)c(CC(N)c2cncnc2)c1Cl. The molecule has 0 saturated heterocycles. The summed E-state index contributed by atoms with van der Waals surface area (Å²) in [5.74, 6) is 0. The predicted octanol–water partition coefficient (Wildman–Crippen LogP) is 1.41. The highest BCUT2D eigenvalue weighted by atomic mass is 35.5. The van der Waals surface area contributed by atoms with Crippen LogP contribution in [0.4, 0.5) is 0 Å². The molecule has 0 spiro atoms. The predicted molar refractivity (Wildman–Crippen MR) is 65.6 cm³/mol. The molecule has 2 heterocycles. The van der Waals surface area contributed by atoms with Gasteiger partial charge in [-0.05, 0) is 6.92 Å². The molecule has 0 radical (unpaired) electrons. The Bertz CT molecular complexity index is 508. The van der Waals surface area contributed by atoms with Gasteiger partial charge in [0.2, 0.25) is 0 Å². The van der Waals surface area contributed by atoms with E-state index >= 15 is 0 Å². The molecular formula is C11H14ClN5. The highest BCUT2D eigenvalue weighted by Crippen LogP contribution is 2.23. The monoisotopic (exact) mass is 251 g/mol. The van der Waals surface area contributed by atoms with Gasteiger partial charge in [0.15, 0.2) is 0 Å². The van der Waals surface area contributed by atoms with Gasteiger partial charge < -0.3 is 5.73 Å². The third kappa shape index (κ3) is 2.45. The Hall–Kier alpha value is -1.46. The van der Waals surface area contributed by atoms with Crippen molar-refractivity contribution >= 4 is 11.6 Å². The number of halogens is 1. The summed E-state index contributed by atoms with van der Waals surface area (Å²) in [7, 11) is 1.86. The van der Waals surface area contributed by atoms with Gasteiger partial charge >= 0.3 is 0 Å². The summed E-state index contributed by atoms with van der Waals surface area (Å²) in [6.45, 7) is 1.88. The largest absolute Gasteiger partial charge is 0.324 e. The second kappa shape index (κ2) is 4.81. The topological polar surface area (TPSA) is 69.6 Å². The molecule has 0 amide bonds. The minimum Gasteiger partial charge on any atom is -0.324 e. The summed E-state index contributed by atoms with van der Waals surface area (Å²) in [4.78, 5) is 7.90. The van der Waals surface area contributed by atoms with Crippen LogP contribution in [0.2, 0.25) is 5.02 Å². The number of rotatable bonds is 3. The molecule has 6 heteroatoms. The average molecular weight is 252 g/mol. The number of hydrogen-bond acceptors (Lipinski definition) is 4. The van der Waals surface area contributed by atoms with Crippen LogP contribution in [0.15, 0.2) is 18.7 Å². The van der Waals surface area contributed by atoms with Gasteiger partial charge in [-0.1, -0.05) is 11.6 Å². The smallest absolute Gasteiger partial charge is 0.115 e. The van der Waals surface area contributed by atoms with Gasteiger partial charge in [-0.2, -0.15) is 5.10 Å². The minimum absolute atomic E-state index is 0.177. The van der Waals surface area contributed by atoms with Crippen LogP contribution in [0, 0.1) is 6.92 Å². The third-order valence-electron chi connectivity index (χ3n) is 2.68. The van der Waals surface area contributed by atoms with E-state index < -0.39 is 0 Å². The van der Waals surface area contributed by atoms with Crippen LogP contribution >= 0.6 is 11.6 Å². The Labute approximate surface area is 105 Å². The fourth-order valence-electron chi connectivity index (χ4n) is 1.73. The van der Waals surface area contributed by atoms with Gasteiger partial charge in [0.1, 0.15) is 6.33 Å². The molecule has 0 bridgehead atoms. The van der Waals surface area contributed by atoms with E-state index in [0.29, 0.717) is 11.4 Å². The lowest BCUT2D eigenvalue weighted by atomic mass is 10.1. The number of aromatic nitrogens is 4. The van der Waals surface area contributed by atoms with Crippen LogP contribution in [0.1, 0.15) is 23.0 Å². The summed E-state index contributed by atoms with van der Waals surface area (Å²) >= 11 is 6.18. The Kier molecular flexibility index (Phi) is 3.40. The first-order valence-electron chi connectivity index (χ1n) is 5.28. The normalized spacial score (nSPS) is 12.7. The van der Waals surface area contributed by atoms with E-state index in [-0.39, 0.29) is 6.04 Å². The lowest BCUT2D eigenvalue weighted by Crippen LogP contribution is -2.16. The van der Waals surface area contributed by atoms with E-state index in [1.165, 1.54) is 6.33 Å². The van der Waals surface area contributed by atoms with Crippen LogP contribution in [0.5, 0.6) is 0 Å². The van der Waals surface area contributed by atoms with Crippen LogP contribution in [-0.4, -0.2) is 19.7 Å². The van der Waals surface area contributed by atoms with E-state index in [0.717, 1.165) is 17.0 Å². The van der Waals surface area contributed by atoms with Crippen molar-refractivity contribution in [1.29, 1.82) is 0 Å². The van der Waals surface area contributed by atoms with E-state index in [2.05, 4.69) is 15.1 Å². The number of nitrogens with two attached hydrogens (primary N) is 1. The molecule has 0 aliphatic carbocycles. The summed E-state index contributed by atoms with van der Waals surface area (Å²) in [6, 6.07) is -0.177. The van der Waals surface area contributed by atoms with Crippen molar-refractivity contribution in [3.05, 3.63) is 40.7 Å². The maximum absolute atomic E-state index is 6.18. The van der Waals surface area contributed by atoms with Gasteiger partial charge in [-0.25, -0.2) is 9.97 Å². The molecule has 5 nitrogen and oxygen atoms in total. The highest BCUT2D eigenvalue weighted by molar-refractivity contribution is 6.31. The van der Waals surface area contributed by atoms with Crippen molar-refractivity contribution in [2.45, 2.75) is 19.4 Å². The maximum Gasteiger partial charge on any atom is 0.115 e. The Balaban J connectivity index is 2.22. The second-order valence-electron chi connectivity index (χ2n) is 3.95. The zero-order chi connectivity index (χ0) is 12.4. The van der Waals surface area contributed by atoms with E-state index in [9.17, 15) is 0 Å². The molecule has 2 N–H and O–H groups in total. The maximum atomic E-state index is 6.18. The lowest BCUT2D eigenvalue weighted by Gasteiger charge is -2.11. The Morgan fingerprint density at radius 1 is 1.41 bits per heavy atom. The van der Waals surface area contributed by atoms with Crippen LogP contribution in [0.25, 0.3) is 0 Å². The highest BCUT2D eigenvalue weighted by Gasteiger charge is 2.15. The quantitative estimate of drug-likeness (QED) is 0.896. The van der Waals surface area contributed by atoms with Crippen molar-refractivity contribution in [1.82, 2.24) is 19.7 Å². The number of aryl methyl sites for hydroxylation is 2. The summed E-state index contributed by atoms with van der Waals surface area (Å²) in [5, 5.41) is 4.94. The molecule has 1 unspecified atom stereocenters. The molecule has 2 aromatic heterocycles. The standard InChI is InChI=1S/C11H14ClN5/c1-7-11(12)10(17(2)16-7)3-9(13)8-4-14-6-15-5-8/h4-6,9H,3,13H2,1-2H3. The van der Waals surface area contributed by atoms with Gasteiger partial charge in [-0.3, -0.25) is 4.68 Å². The van der Waals surface area contributed by atoms with Crippen molar-refractivity contribution in [2.75, 3.05) is 0 Å². The van der Waals surface area contributed by atoms with Crippen molar-refractivity contribution in [3.8, 4) is 0 Å².